The zero-order valence-electron chi connectivity index (χ0n) is 16.1. The van der Waals surface area contributed by atoms with Crippen molar-refractivity contribution in [3.8, 4) is 0 Å². The molecule has 26 heavy (non-hydrogen) atoms. The highest BCUT2D eigenvalue weighted by atomic mass is 16.5. The second-order valence-electron chi connectivity index (χ2n) is 7.59. The van der Waals surface area contributed by atoms with E-state index in [1.165, 1.54) is 0 Å². The number of nitrogens with zero attached hydrogens (tertiary/aromatic N) is 4. The Bertz CT molecular complexity index is 577. The maximum atomic E-state index is 12.2. The molecule has 146 valence electrons. The number of carbonyl (C=O) groups excluding carboxylic acids is 1. The molecule has 8 nitrogen and oxygen atoms in total. The standard InChI is InChI=1S/C18H31N5O3/c1-13(2)19-17(24)14(3)23-8-6-22(7-9-23)12-16-20-18(26-21-16)15-4-10-25-11-5-15/h13-15H,4-12H2,1-3H3,(H,19,24). The molecule has 1 N–H and O–H groups in total. The number of amides is 1. The van der Waals surface area contributed by atoms with Crippen molar-refractivity contribution in [3.63, 3.8) is 0 Å². The molecule has 1 amide bonds. The highest BCUT2D eigenvalue weighted by molar-refractivity contribution is 5.81. The average molecular weight is 365 g/mol. The van der Waals surface area contributed by atoms with E-state index in [0.29, 0.717) is 12.5 Å². The summed E-state index contributed by atoms with van der Waals surface area (Å²) < 4.78 is 10.9. The molecular formula is C18H31N5O3. The molecule has 1 aromatic rings. The molecule has 2 aliphatic heterocycles. The smallest absolute Gasteiger partial charge is 0.237 e. The van der Waals surface area contributed by atoms with Gasteiger partial charge in [-0.1, -0.05) is 5.16 Å². The van der Waals surface area contributed by atoms with Crippen LogP contribution in [0.2, 0.25) is 0 Å². The van der Waals surface area contributed by atoms with E-state index in [2.05, 4.69) is 25.3 Å². The molecule has 0 saturated carbocycles. The van der Waals surface area contributed by atoms with Crippen LogP contribution in [0.15, 0.2) is 4.52 Å². The third kappa shape index (κ3) is 5.02. The van der Waals surface area contributed by atoms with Crippen LogP contribution in [-0.2, 0) is 16.1 Å². The third-order valence-electron chi connectivity index (χ3n) is 5.18. The quantitative estimate of drug-likeness (QED) is 0.805. The van der Waals surface area contributed by atoms with Gasteiger partial charge in [0.15, 0.2) is 5.82 Å². The van der Waals surface area contributed by atoms with E-state index >= 15 is 0 Å². The zero-order valence-corrected chi connectivity index (χ0v) is 16.1. The number of hydrogen-bond acceptors (Lipinski definition) is 7. The normalized spacial score (nSPS) is 21.8. The largest absolute Gasteiger partial charge is 0.381 e. The Kier molecular flexibility index (Phi) is 6.61. The minimum absolute atomic E-state index is 0.0927. The fourth-order valence-corrected chi connectivity index (χ4v) is 3.52. The predicted molar refractivity (Wildman–Crippen MR) is 96.7 cm³/mol. The Hall–Kier alpha value is -1.51. The molecule has 1 aromatic heterocycles. The fourth-order valence-electron chi connectivity index (χ4n) is 3.52. The van der Waals surface area contributed by atoms with Crippen LogP contribution in [0.1, 0.15) is 51.2 Å². The van der Waals surface area contributed by atoms with Crippen molar-refractivity contribution in [2.75, 3.05) is 39.4 Å². The van der Waals surface area contributed by atoms with Gasteiger partial charge in [-0.3, -0.25) is 14.6 Å². The first-order valence-electron chi connectivity index (χ1n) is 9.70. The van der Waals surface area contributed by atoms with Gasteiger partial charge in [0.2, 0.25) is 11.8 Å². The van der Waals surface area contributed by atoms with Crippen molar-refractivity contribution in [1.29, 1.82) is 0 Å². The summed E-state index contributed by atoms with van der Waals surface area (Å²) in [5.74, 6) is 1.95. The first kappa shape index (κ1) is 19.3. The maximum Gasteiger partial charge on any atom is 0.237 e. The summed E-state index contributed by atoms with van der Waals surface area (Å²) in [4.78, 5) is 21.3. The lowest BCUT2D eigenvalue weighted by Gasteiger charge is -2.37. The number of ether oxygens (including phenoxy) is 1. The Morgan fingerprint density at radius 1 is 1.19 bits per heavy atom. The van der Waals surface area contributed by atoms with Gasteiger partial charge >= 0.3 is 0 Å². The molecule has 1 atom stereocenters. The molecule has 0 spiro atoms. The summed E-state index contributed by atoms with van der Waals surface area (Å²) in [6.45, 7) is 11.7. The molecule has 3 heterocycles. The highest BCUT2D eigenvalue weighted by Gasteiger charge is 2.27. The Morgan fingerprint density at radius 2 is 1.88 bits per heavy atom. The molecule has 2 aliphatic rings. The second kappa shape index (κ2) is 8.92. The van der Waals surface area contributed by atoms with Gasteiger partial charge in [-0.05, 0) is 33.6 Å². The molecule has 0 radical (unpaired) electrons. The second-order valence-corrected chi connectivity index (χ2v) is 7.59. The van der Waals surface area contributed by atoms with Crippen LogP contribution < -0.4 is 5.32 Å². The number of hydrogen-bond donors (Lipinski definition) is 1. The Balaban J connectivity index is 1.45. The van der Waals surface area contributed by atoms with Crippen LogP contribution >= 0.6 is 0 Å². The number of carbonyl (C=O) groups is 1. The molecule has 0 aliphatic carbocycles. The lowest BCUT2D eigenvalue weighted by atomic mass is 10.0. The van der Waals surface area contributed by atoms with E-state index in [4.69, 9.17) is 9.26 Å². The minimum atomic E-state index is -0.0927. The maximum absolute atomic E-state index is 12.2. The van der Waals surface area contributed by atoms with Crippen LogP contribution in [-0.4, -0.2) is 77.3 Å². The highest BCUT2D eigenvalue weighted by Crippen LogP contribution is 2.25. The van der Waals surface area contributed by atoms with Crippen molar-refractivity contribution in [2.45, 2.75) is 58.2 Å². The van der Waals surface area contributed by atoms with E-state index in [0.717, 1.165) is 63.9 Å². The lowest BCUT2D eigenvalue weighted by molar-refractivity contribution is -0.127. The van der Waals surface area contributed by atoms with Gasteiger partial charge in [-0.2, -0.15) is 4.98 Å². The number of aromatic nitrogens is 2. The van der Waals surface area contributed by atoms with Crippen molar-refractivity contribution in [3.05, 3.63) is 11.7 Å². The molecule has 1 unspecified atom stereocenters. The van der Waals surface area contributed by atoms with Gasteiger partial charge in [0.1, 0.15) is 0 Å². The Morgan fingerprint density at radius 3 is 2.54 bits per heavy atom. The van der Waals surface area contributed by atoms with Crippen molar-refractivity contribution in [1.82, 2.24) is 25.3 Å². The first-order chi connectivity index (χ1) is 12.5. The molecule has 3 rings (SSSR count). The topological polar surface area (TPSA) is 83.7 Å². The first-order valence-corrected chi connectivity index (χ1v) is 9.70. The van der Waals surface area contributed by atoms with Gasteiger partial charge in [0.05, 0.1) is 12.6 Å². The summed E-state index contributed by atoms with van der Waals surface area (Å²) in [5, 5.41) is 7.14. The summed E-state index contributed by atoms with van der Waals surface area (Å²) in [6, 6.07) is 0.0826. The fraction of sp³-hybridized carbons (Fsp3) is 0.833. The van der Waals surface area contributed by atoms with E-state index < -0.39 is 0 Å². The molecule has 2 saturated heterocycles. The van der Waals surface area contributed by atoms with Crippen LogP contribution in [0, 0.1) is 0 Å². The predicted octanol–water partition coefficient (Wildman–Crippen LogP) is 0.994. The minimum Gasteiger partial charge on any atom is -0.381 e. The van der Waals surface area contributed by atoms with Crippen molar-refractivity contribution < 1.29 is 14.1 Å². The van der Waals surface area contributed by atoms with Gasteiger partial charge in [0.25, 0.3) is 0 Å². The summed E-state index contributed by atoms with van der Waals surface area (Å²) in [6.07, 6.45) is 1.91. The van der Waals surface area contributed by atoms with Crippen LogP contribution in [0.4, 0.5) is 0 Å². The van der Waals surface area contributed by atoms with E-state index in [9.17, 15) is 4.79 Å². The zero-order chi connectivity index (χ0) is 18.5. The van der Waals surface area contributed by atoms with Gasteiger partial charge in [-0.15, -0.1) is 0 Å². The molecule has 8 heteroatoms. The van der Waals surface area contributed by atoms with Crippen molar-refractivity contribution in [2.24, 2.45) is 0 Å². The third-order valence-corrected chi connectivity index (χ3v) is 5.18. The lowest BCUT2D eigenvalue weighted by Crippen LogP contribution is -2.54. The number of nitrogens with one attached hydrogen (secondary N) is 1. The van der Waals surface area contributed by atoms with Crippen LogP contribution in [0.5, 0.6) is 0 Å². The van der Waals surface area contributed by atoms with Gasteiger partial charge in [-0.25, -0.2) is 0 Å². The van der Waals surface area contributed by atoms with E-state index in [1.807, 2.05) is 20.8 Å². The SMILES string of the molecule is CC(C)NC(=O)C(C)N1CCN(Cc2noc(C3CCOCC3)n2)CC1. The monoisotopic (exact) mass is 365 g/mol. The number of piperazine rings is 1. The molecule has 2 fully saturated rings. The Labute approximate surface area is 155 Å². The van der Waals surface area contributed by atoms with Crippen molar-refractivity contribution >= 4 is 5.91 Å². The van der Waals surface area contributed by atoms with Gasteiger partial charge < -0.3 is 14.6 Å². The molecule has 0 aromatic carbocycles. The van der Waals surface area contributed by atoms with Crippen LogP contribution in [0.25, 0.3) is 0 Å². The number of rotatable bonds is 6. The molecular weight excluding hydrogens is 334 g/mol. The average Bonchev–Trinajstić information content (AvgIpc) is 3.10. The van der Waals surface area contributed by atoms with E-state index in [1.54, 1.807) is 0 Å². The molecule has 0 bridgehead atoms. The van der Waals surface area contributed by atoms with Crippen LogP contribution in [0.3, 0.4) is 0 Å². The van der Waals surface area contributed by atoms with Gasteiger partial charge in [0, 0.05) is 51.4 Å². The van der Waals surface area contributed by atoms with E-state index in [-0.39, 0.29) is 18.0 Å². The summed E-state index contributed by atoms with van der Waals surface area (Å²) >= 11 is 0. The summed E-state index contributed by atoms with van der Waals surface area (Å²) in [7, 11) is 0. The summed E-state index contributed by atoms with van der Waals surface area (Å²) in [5.41, 5.74) is 0.